The van der Waals surface area contributed by atoms with Gasteiger partial charge in [0.15, 0.2) is 0 Å². The van der Waals surface area contributed by atoms with Crippen LogP contribution in [-0.2, 0) is 0 Å². The van der Waals surface area contributed by atoms with Crippen molar-refractivity contribution in [1.82, 2.24) is 10.6 Å². The van der Waals surface area contributed by atoms with E-state index in [1.165, 1.54) is 0 Å². The first-order chi connectivity index (χ1) is 3.84. The summed E-state index contributed by atoms with van der Waals surface area (Å²) in [5, 5.41) is 5.80. The second-order valence-electron chi connectivity index (χ2n) is 2.03. The summed E-state index contributed by atoms with van der Waals surface area (Å²) < 4.78 is 12.5. The molecule has 1 rings (SSSR count). The molecule has 0 bridgehead atoms. The fraction of sp³-hybridized carbons (Fsp3) is 1.00. The van der Waals surface area contributed by atoms with Crippen LogP contribution >= 0.6 is 0 Å². The van der Waals surface area contributed by atoms with Crippen molar-refractivity contribution >= 4 is 0 Å². The Labute approximate surface area is 48.5 Å². The van der Waals surface area contributed by atoms with Gasteiger partial charge < -0.3 is 5.32 Å². The van der Waals surface area contributed by atoms with Crippen molar-refractivity contribution in [1.29, 1.82) is 0 Å². The van der Waals surface area contributed by atoms with Crippen LogP contribution in [0.1, 0.15) is 6.42 Å². The van der Waals surface area contributed by atoms with E-state index in [0.717, 1.165) is 6.54 Å². The van der Waals surface area contributed by atoms with Gasteiger partial charge in [0.25, 0.3) is 0 Å². The van der Waals surface area contributed by atoms with E-state index < -0.39 is 6.17 Å². The van der Waals surface area contributed by atoms with Gasteiger partial charge >= 0.3 is 0 Å². The van der Waals surface area contributed by atoms with Gasteiger partial charge in [0.1, 0.15) is 6.17 Å². The molecule has 0 saturated carbocycles. The SMILES string of the molecule is CNC1NCCC1F. The second-order valence-corrected chi connectivity index (χ2v) is 2.03. The molecule has 1 aliphatic rings. The van der Waals surface area contributed by atoms with E-state index in [1.807, 2.05) is 0 Å². The van der Waals surface area contributed by atoms with Crippen LogP contribution in [-0.4, -0.2) is 25.9 Å². The maximum absolute atomic E-state index is 12.5. The van der Waals surface area contributed by atoms with Crippen LogP contribution in [0.25, 0.3) is 0 Å². The van der Waals surface area contributed by atoms with Crippen molar-refractivity contribution in [2.24, 2.45) is 0 Å². The van der Waals surface area contributed by atoms with Crippen molar-refractivity contribution in [3.05, 3.63) is 0 Å². The monoisotopic (exact) mass is 118 g/mol. The molecule has 0 aromatic rings. The number of hydrogen-bond donors (Lipinski definition) is 2. The molecular formula is C5H11FN2. The van der Waals surface area contributed by atoms with Crippen LogP contribution in [0.15, 0.2) is 0 Å². The maximum Gasteiger partial charge on any atom is 0.130 e. The minimum atomic E-state index is -0.694. The zero-order chi connectivity index (χ0) is 5.98. The first-order valence-electron chi connectivity index (χ1n) is 2.89. The highest BCUT2D eigenvalue weighted by Gasteiger charge is 2.23. The zero-order valence-corrected chi connectivity index (χ0v) is 4.95. The minimum absolute atomic E-state index is 0.102. The molecule has 0 radical (unpaired) electrons. The molecule has 1 aliphatic heterocycles. The van der Waals surface area contributed by atoms with Crippen molar-refractivity contribution < 1.29 is 4.39 Å². The smallest absolute Gasteiger partial charge is 0.130 e. The van der Waals surface area contributed by atoms with Crippen LogP contribution < -0.4 is 10.6 Å². The second kappa shape index (κ2) is 2.42. The van der Waals surface area contributed by atoms with Gasteiger partial charge in [-0.15, -0.1) is 0 Å². The molecule has 2 nitrogen and oxygen atoms in total. The number of alkyl halides is 1. The van der Waals surface area contributed by atoms with Gasteiger partial charge in [-0.05, 0) is 20.0 Å². The van der Waals surface area contributed by atoms with E-state index in [9.17, 15) is 4.39 Å². The van der Waals surface area contributed by atoms with E-state index in [2.05, 4.69) is 10.6 Å². The normalized spacial score (nSPS) is 38.2. The molecule has 48 valence electrons. The van der Waals surface area contributed by atoms with Crippen molar-refractivity contribution in [2.75, 3.05) is 13.6 Å². The van der Waals surface area contributed by atoms with Gasteiger partial charge in [0, 0.05) is 0 Å². The summed E-state index contributed by atoms with van der Waals surface area (Å²) >= 11 is 0. The molecule has 0 spiro atoms. The lowest BCUT2D eigenvalue weighted by atomic mass is 10.3. The molecule has 2 atom stereocenters. The minimum Gasteiger partial charge on any atom is -0.303 e. The van der Waals surface area contributed by atoms with Crippen molar-refractivity contribution in [3.8, 4) is 0 Å². The summed E-state index contributed by atoms with van der Waals surface area (Å²) in [5.41, 5.74) is 0. The molecule has 0 aromatic carbocycles. The van der Waals surface area contributed by atoms with E-state index in [1.54, 1.807) is 7.05 Å². The van der Waals surface area contributed by atoms with Crippen LogP contribution in [0.5, 0.6) is 0 Å². The lowest BCUT2D eigenvalue weighted by Crippen LogP contribution is -2.40. The lowest BCUT2D eigenvalue weighted by Gasteiger charge is -2.09. The Hall–Kier alpha value is -0.150. The van der Waals surface area contributed by atoms with Crippen LogP contribution in [0.3, 0.4) is 0 Å². The quantitative estimate of drug-likeness (QED) is 0.501. The topological polar surface area (TPSA) is 24.1 Å². The summed E-state index contributed by atoms with van der Waals surface area (Å²) in [4.78, 5) is 0. The highest BCUT2D eigenvalue weighted by atomic mass is 19.1. The number of hydrogen-bond acceptors (Lipinski definition) is 2. The van der Waals surface area contributed by atoms with E-state index in [4.69, 9.17) is 0 Å². The average Bonchev–Trinajstić information content (AvgIpc) is 2.14. The molecule has 0 aromatic heterocycles. The Kier molecular flexibility index (Phi) is 1.81. The third kappa shape index (κ3) is 0.980. The third-order valence-corrected chi connectivity index (χ3v) is 1.46. The predicted molar refractivity (Wildman–Crippen MR) is 30.4 cm³/mol. The molecule has 0 aliphatic carbocycles. The van der Waals surface area contributed by atoms with Gasteiger partial charge in [-0.25, -0.2) is 4.39 Å². The zero-order valence-electron chi connectivity index (χ0n) is 4.95. The van der Waals surface area contributed by atoms with Gasteiger partial charge in [-0.3, -0.25) is 5.32 Å². The molecule has 1 saturated heterocycles. The standard InChI is InChI=1S/C5H11FN2/c1-7-5-4(6)2-3-8-5/h4-5,7-8H,2-3H2,1H3. The molecule has 3 heteroatoms. The number of rotatable bonds is 1. The predicted octanol–water partition coefficient (Wildman–Crippen LogP) is -0.137. The number of halogens is 1. The third-order valence-electron chi connectivity index (χ3n) is 1.46. The number of nitrogens with one attached hydrogen (secondary N) is 2. The molecule has 2 unspecified atom stereocenters. The van der Waals surface area contributed by atoms with Crippen molar-refractivity contribution in [3.63, 3.8) is 0 Å². The van der Waals surface area contributed by atoms with Gasteiger partial charge in [-0.1, -0.05) is 0 Å². The van der Waals surface area contributed by atoms with Crippen molar-refractivity contribution in [2.45, 2.75) is 18.8 Å². The summed E-state index contributed by atoms with van der Waals surface area (Å²) in [6.45, 7) is 0.798. The summed E-state index contributed by atoms with van der Waals surface area (Å²) in [6.07, 6.45) is -0.152. The van der Waals surface area contributed by atoms with Gasteiger partial charge in [0.2, 0.25) is 0 Å². The summed E-state index contributed by atoms with van der Waals surface area (Å²) in [7, 11) is 1.76. The highest BCUT2D eigenvalue weighted by molar-refractivity contribution is 4.79. The first-order valence-corrected chi connectivity index (χ1v) is 2.89. The Balaban J connectivity index is 2.30. The first kappa shape index (κ1) is 5.98. The van der Waals surface area contributed by atoms with Gasteiger partial charge in [0.05, 0.1) is 6.17 Å². The van der Waals surface area contributed by atoms with E-state index >= 15 is 0 Å². The van der Waals surface area contributed by atoms with Crippen LogP contribution in [0.2, 0.25) is 0 Å². The van der Waals surface area contributed by atoms with Crippen LogP contribution in [0.4, 0.5) is 4.39 Å². The van der Waals surface area contributed by atoms with E-state index in [-0.39, 0.29) is 6.17 Å². The Bertz CT molecular complexity index is 76.8. The fourth-order valence-corrected chi connectivity index (χ4v) is 0.954. The molecule has 0 amide bonds. The van der Waals surface area contributed by atoms with E-state index in [0.29, 0.717) is 6.42 Å². The largest absolute Gasteiger partial charge is 0.303 e. The molecular weight excluding hydrogens is 107 g/mol. The summed E-state index contributed by atoms with van der Waals surface area (Å²) in [6, 6.07) is 0. The molecule has 2 N–H and O–H groups in total. The Morgan fingerprint density at radius 2 is 2.50 bits per heavy atom. The molecule has 1 heterocycles. The lowest BCUT2D eigenvalue weighted by molar-refractivity contribution is 0.279. The van der Waals surface area contributed by atoms with Crippen LogP contribution in [0, 0.1) is 0 Å². The fourth-order valence-electron chi connectivity index (χ4n) is 0.954. The maximum atomic E-state index is 12.5. The van der Waals surface area contributed by atoms with Gasteiger partial charge in [-0.2, -0.15) is 0 Å². The Morgan fingerprint density at radius 3 is 2.75 bits per heavy atom. The summed E-state index contributed by atoms with van der Waals surface area (Å²) in [5.74, 6) is 0. The highest BCUT2D eigenvalue weighted by Crippen LogP contribution is 2.06. The Morgan fingerprint density at radius 1 is 1.75 bits per heavy atom. The molecule has 8 heavy (non-hydrogen) atoms. The molecule has 1 fully saturated rings. The average molecular weight is 118 g/mol.